The number of aryl methyl sites for hydroxylation is 2. The zero-order valence-corrected chi connectivity index (χ0v) is 28.6. The van der Waals surface area contributed by atoms with Crippen molar-refractivity contribution in [3.63, 3.8) is 0 Å². The summed E-state index contributed by atoms with van der Waals surface area (Å²) in [5, 5.41) is 13.3. The molecule has 1 amide bonds. The van der Waals surface area contributed by atoms with E-state index in [-0.39, 0.29) is 37.5 Å². The molecule has 0 saturated carbocycles. The van der Waals surface area contributed by atoms with Crippen LogP contribution in [0.3, 0.4) is 0 Å². The molecule has 0 radical (unpaired) electrons. The van der Waals surface area contributed by atoms with Crippen LogP contribution in [0.1, 0.15) is 80.9 Å². The first kappa shape index (κ1) is 34.5. The number of amides is 1. The number of methoxy groups -OCH3 is 1. The van der Waals surface area contributed by atoms with E-state index in [2.05, 4.69) is 41.2 Å². The van der Waals surface area contributed by atoms with Crippen molar-refractivity contribution in [2.75, 3.05) is 25.6 Å². The molecule has 248 valence electrons. The number of carbonyl (C=O) groups excluding carboxylic acids is 3. The van der Waals surface area contributed by atoms with Gasteiger partial charge in [-0.2, -0.15) is 0 Å². The van der Waals surface area contributed by atoms with Crippen molar-refractivity contribution >= 4 is 52.2 Å². The lowest BCUT2D eigenvalue weighted by atomic mass is 9.99. The van der Waals surface area contributed by atoms with Crippen LogP contribution in [-0.2, 0) is 19.1 Å². The lowest BCUT2D eigenvalue weighted by Gasteiger charge is -2.13. The monoisotopic (exact) mass is 686 g/mol. The zero-order valence-electron chi connectivity index (χ0n) is 27.1. The predicted octanol–water partition coefficient (Wildman–Crippen LogP) is 5.64. The SMILES string of the molecule is COC(=O)c1ccc(NC(=O)CCCC(=O)OCC[C@@H]2N=C(c3ccc(Cl)cc3)c3c(sc(C)c3C)-n3c(C)nnc32)cc1C#CCN. The topological polar surface area (TPSA) is 151 Å². The van der Waals surface area contributed by atoms with E-state index in [9.17, 15) is 14.4 Å². The van der Waals surface area contributed by atoms with Gasteiger partial charge in [-0.25, -0.2) is 4.79 Å². The standard InChI is InChI=1S/C35H35ClN6O5S/c1-20-21(2)48-34-31(20)32(23-10-12-25(36)13-11-23)39-28(33-41-40-22(3)42(33)34)16-18-47-30(44)9-5-8-29(43)38-26-14-15-27(35(45)46-4)24(19-26)7-6-17-37/h10-15,19,28H,5,8-9,16-18,37H2,1-4H3,(H,38,43)/t28-/m0/s1. The number of nitrogens with zero attached hydrogens (tertiary/aromatic N) is 4. The van der Waals surface area contributed by atoms with Crippen LogP contribution in [0.2, 0.25) is 5.02 Å². The van der Waals surface area contributed by atoms with Crippen LogP contribution in [0.4, 0.5) is 5.69 Å². The molecule has 2 aromatic carbocycles. The minimum atomic E-state index is -0.542. The van der Waals surface area contributed by atoms with Gasteiger partial charge >= 0.3 is 11.9 Å². The number of esters is 2. The number of thiophene rings is 1. The second-order valence-corrected chi connectivity index (χ2v) is 12.7. The maximum atomic E-state index is 12.7. The average molecular weight is 687 g/mol. The van der Waals surface area contributed by atoms with Crippen molar-refractivity contribution < 1.29 is 23.9 Å². The average Bonchev–Trinajstić information content (AvgIpc) is 3.55. The summed E-state index contributed by atoms with van der Waals surface area (Å²) in [6.07, 6.45) is 0.848. The van der Waals surface area contributed by atoms with E-state index in [0.29, 0.717) is 34.9 Å². The minimum Gasteiger partial charge on any atom is -0.466 e. The van der Waals surface area contributed by atoms with Crippen LogP contribution >= 0.6 is 22.9 Å². The molecule has 11 nitrogen and oxygen atoms in total. The van der Waals surface area contributed by atoms with Crippen LogP contribution in [0, 0.1) is 32.6 Å². The van der Waals surface area contributed by atoms with Gasteiger partial charge in [-0.15, -0.1) is 21.5 Å². The lowest BCUT2D eigenvalue weighted by molar-refractivity contribution is -0.144. The van der Waals surface area contributed by atoms with E-state index in [1.165, 1.54) is 18.1 Å². The fourth-order valence-electron chi connectivity index (χ4n) is 5.32. The maximum Gasteiger partial charge on any atom is 0.339 e. The number of hydrogen-bond acceptors (Lipinski definition) is 10. The molecule has 1 aliphatic rings. The Bertz CT molecular complexity index is 1950. The highest BCUT2D eigenvalue weighted by molar-refractivity contribution is 7.15. The number of nitrogens with one attached hydrogen (secondary N) is 1. The highest BCUT2D eigenvalue weighted by atomic mass is 35.5. The first-order valence-corrected chi connectivity index (χ1v) is 16.5. The summed E-state index contributed by atoms with van der Waals surface area (Å²) in [5.41, 5.74) is 10.5. The van der Waals surface area contributed by atoms with Crippen LogP contribution in [0.5, 0.6) is 0 Å². The van der Waals surface area contributed by atoms with Gasteiger partial charge < -0.3 is 20.5 Å². The molecular formula is C35H35ClN6O5S. The van der Waals surface area contributed by atoms with E-state index in [1.807, 2.05) is 35.8 Å². The molecule has 13 heteroatoms. The van der Waals surface area contributed by atoms with Crippen molar-refractivity contribution in [1.29, 1.82) is 0 Å². The number of carbonyl (C=O) groups is 3. The summed E-state index contributed by atoms with van der Waals surface area (Å²) in [4.78, 5) is 43.7. The number of ether oxygens (including phenoxy) is 2. The quantitative estimate of drug-likeness (QED) is 0.161. The number of aliphatic imine (C=N–C) groups is 1. The highest BCUT2D eigenvalue weighted by Crippen LogP contribution is 2.39. The van der Waals surface area contributed by atoms with Gasteiger partial charge in [0.25, 0.3) is 0 Å². The smallest absolute Gasteiger partial charge is 0.339 e. The number of halogens is 1. The summed E-state index contributed by atoms with van der Waals surface area (Å²) in [6.45, 7) is 6.32. The Morgan fingerprint density at radius 3 is 2.58 bits per heavy atom. The molecule has 0 spiro atoms. The van der Waals surface area contributed by atoms with Gasteiger partial charge in [0.15, 0.2) is 5.82 Å². The van der Waals surface area contributed by atoms with Gasteiger partial charge in [-0.05, 0) is 63.1 Å². The maximum absolute atomic E-state index is 12.7. The first-order valence-electron chi connectivity index (χ1n) is 15.3. The van der Waals surface area contributed by atoms with Crippen LogP contribution in [-0.4, -0.2) is 58.6 Å². The van der Waals surface area contributed by atoms with E-state index in [1.54, 1.807) is 23.5 Å². The Hall–Kier alpha value is -4.83. The molecule has 2 aromatic heterocycles. The molecule has 0 bridgehead atoms. The molecule has 1 aliphatic heterocycles. The van der Waals surface area contributed by atoms with Gasteiger partial charge in [0, 0.05) is 51.5 Å². The second kappa shape index (κ2) is 15.4. The molecule has 48 heavy (non-hydrogen) atoms. The van der Waals surface area contributed by atoms with E-state index in [4.69, 9.17) is 31.8 Å². The largest absolute Gasteiger partial charge is 0.466 e. The summed E-state index contributed by atoms with van der Waals surface area (Å²) in [6, 6.07) is 11.9. The lowest BCUT2D eigenvalue weighted by Crippen LogP contribution is -2.14. The highest BCUT2D eigenvalue weighted by Gasteiger charge is 2.31. The number of anilines is 1. The van der Waals surface area contributed by atoms with E-state index >= 15 is 0 Å². The number of benzene rings is 2. The van der Waals surface area contributed by atoms with Gasteiger partial charge in [-0.3, -0.25) is 19.1 Å². The van der Waals surface area contributed by atoms with Crippen LogP contribution < -0.4 is 11.1 Å². The number of nitrogens with two attached hydrogens (primary N) is 1. The fourth-order valence-corrected chi connectivity index (χ4v) is 6.66. The number of fused-ring (bicyclic) bond motifs is 3. The summed E-state index contributed by atoms with van der Waals surface area (Å²) >= 11 is 7.87. The first-order chi connectivity index (χ1) is 23.1. The predicted molar refractivity (Wildman–Crippen MR) is 185 cm³/mol. The van der Waals surface area contributed by atoms with Crippen molar-refractivity contribution in [3.05, 3.63) is 91.8 Å². The summed E-state index contributed by atoms with van der Waals surface area (Å²) < 4.78 is 12.4. The molecule has 3 N–H and O–H groups in total. The van der Waals surface area contributed by atoms with E-state index in [0.717, 1.165) is 33.2 Å². The number of rotatable bonds is 10. The van der Waals surface area contributed by atoms with Crippen molar-refractivity contribution in [2.45, 2.75) is 52.5 Å². The van der Waals surface area contributed by atoms with Gasteiger partial charge in [0.1, 0.15) is 16.9 Å². The number of hydrogen-bond donors (Lipinski definition) is 2. The molecule has 4 aromatic rings. The van der Waals surface area contributed by atoms with Crippen molar-refractivity contribution in [2.24, 2.45) is 10.7 Å². The third-order valence-electron chi connectivity index (χ3n) is 7.83. The molecule has 0 aliphatic carbocycles. The summed E-state index contributed by atoms with van der Waals surface area (Å²) in [7, 11) is 1.28. The number of aromatic nitrogens is 3. The Morgan fingerprint density at radius 1 is 1.08 bits per heavy atom. The third kappa shape index (κ3) is 7.65. The van der Waals surface area contributed by atoms with Crippen molar-refractivity contribution in [3.8, 4) is 16.8 Å². The normalized spacial score (nSPS) is 13.3. The van der Waals surface area contributed by atoms with E-state index < -0.39 is 18.0 Å². The molecule has 0 saturated heterocycles. The third-order valence-corrected chi connectivity index (χ3v) is 9.27. The fraction of sp³-hybridized carbons (Fsp3) is 0.314. The zero-order chi connectivity index (χ0) is 34.4. The Kier molecular flexibility index (Phi) is 11.1. The second-order valence-electron chi connectivity index (χ2n) is 11.1. The van der Waals surface area contributed by atoms with Gasteiger partial charge in [0.05, 0.1) is 31.5 Å². The molecule has 5 rings (SSSR count). The molecule has 3 heterocycles. The Balaban J connectivity index is 1.21. The van der Waals surface area contributed by atoms with Gasteiger partial charge in [0.2, 0.25) is 5.91 Å². The van der Waals surface area contributed by atoms with Crippen molar-refractivity contribution in [1.82, 2.24) is 14.8 Å². The Morgan fingerprint density at radius 2 is 1.85 bits per heavy atom. The summed E-state index contributed by atoms with van der Waals surface area (Å²) in [5.74, 6) is 5.72. The molecule has 0 fully saturated rings. The van der Waals surface area contributed by atoms with Crippen LogP contribution in [0.15, 0.2) is 47.5 Å². The van der Waals surface area contributed by atoms with Crippen LogP contribution in [0.25, 0.3) is 5.00 Å². The van der Waals surface area contributed by atoms with Gasteiger partial charge in [-0.1, -0.05) is 35.6 Å². The minimum absolute atomic E-state index is 0.0664. The molecular weight excluding hydrogens is 652 g/mol. The molecule has 0 unspecified atom stereocenters. The Labute approximate surface area is 287 Å². The molecule has 1 atom stereocenters.